The fourth-order valence-corrected chi connectivity index (χ4v) is 1.84. The predicted molar refractivity (Wildman–Crippen MR) is 66.1 cm³/mol. The van der Waals surface area contributed by atoms with E-state index in [0.29, 0.717) is 5.69 Å². The van der Waals surface area contributed by atoms with Crippen molar-refractivity contribution in [2.24, 2.45) is 5.73 Å². The van der Waals surface area contributed by atoms with Crippen LogP contribution in [0.4, 0.5) is 4.39 Å². The average Bonchev–Trinajstić information content (AvgIpc) is 2.33. The van der Waals surface area contributed by atoms with E-state index < -0.39 is 0 Å². The SMILES string of the molecule is Cc1cccc(C(N)c2ccc(F)cn2)c1C. The first-order valence-corrected chi connectivity index (χ1v) is 5.52. The molecule has 0 saturated heterocycles. The maximum atomic E-state index is 12.8. The zero-order chi connectivity index (χ0) is 12.4. The van der Waals surface area contributed by atoms with Gasteiger partial charge in [-0.3, -0.25) is 4.98 Å². The Bertz CT molecular complexity index is 520. The maximum absolute atomic E-state index is 12.8. The van der Waals surface area contributed by atoms with Gasteiger partial charge in [-0.15, -0.1) is 0 Å². The zero-order valence-corrected chi connectivity index (χ0v) is 9.94. The summed E-state index contributed by atoms with van der Waals surface area (Å²) in [4.78, 5) is 4.03. The van der Waals surface area contributed by atoms with Crippen LogP contribution in [0.2, 0.25) is 0 Å². The molecule has 1 aromatic carbocycles. The lowest BCUT2D eigenvalue weighted by Gasteiger charge is -2.15. The number of nitrogens with zero attached hydrogens (tertiary/aromatic N) is 1. The molecule has 3 heteroatoms. The van der Waals surface area contributed by atoms with E-state index in [0.717, 1.165) is 11.1 Å². The molecule has 2 N–H and O–H groups in total. The molecule has 0 aliphatic heterocycles. The molecule has 88 valence electrons. The van der Waals surface area contributed by atoms with Crippen molar-refractivity contribution in [1.82, 2.24) is 4.98 Å². The summed E-state index contributed by atoms with van der Waals surface area (Å²) in [5.74, 6) is -0.345. The van der Waals surface area contributed by atoms with E-state index in [2.05, 4.69) is 4.98 Å². The van der Waals surface area contributed by atoms with Crippen LogP contribution in [0.25, 0.3) is 0 Å². The molecule has 1 unspecified atom stereocenters. The van der Waals surface area contributed by atoms with Gasteiger partial charge in [-0.05, 0) is 42.7 Å². The topological polar surface area (TPSA) is 38.9 Å². The Hall–Kier alpha value is -1.74. The summed E-state index contributed by atoms with van der Waals surface area (Å²) in [5.41, 5.74) is 10.2. The minimum Gasteiger partial charge on any atom is -0.319 e. The molecule has 2 aromatic rings. The molecule has 0 bridgehead atoms. The molecule has 2 nitrogen and oxygen atoms in total. The van der Waals surface area contributed by atoms with E-state index in [1.807, 2.05) is 32.0 Å². The quantitative estimate of drug-likeness (QED) is 0.861. The van der Waals surface area contributed by atoms with Crippen LogP contribution in [-0.2, 0) is 0 Å². The highest BCUT2D eigenvalue weighted by molar-refractivity contribution is 5.38. The van der Waals surface area contributed by atoms with Gasteiger partial charge in [-0.2, -0.15) is 0 Å². The Morgan fingerprint density at radius 1 is 1.18 bits per heavy atom. The van der Waals surface area contributed by atoms with Crippen molar-refractivity contribution < 1.29 is 4.39 Å². The molecule has 1 aromatic heterocycles. The Morgan fingerprint density at radius 3 is 2.59 bits per heavy atom. The summed E-state index contributed by atoms with van der Waals surface area (Å²) in [5, 5.41) is 0. The van der Waals surface area contributed by atoms with Crippen LogP contribution < -0.4 is 5.73 Å². The molecule has 17 heavy (non-hydrogen) atoms. The Kier molecular flexibility index (Phi) is 3.20. The Labute approximate surface area is 100 Å². The van der Waals surface area contributed by atoms with Gasteiger partial charge in [0.1, 0.15) is 5.82 Å². The molecule has 0 spiro atoms. The summed E-state index contributed by atoms with van der Waals surface area (Å²) in [7, 11) is 0. The molecular formula is C14H15FN2. The van der Waals surface area contributed by atoms with E-state index in [-0.39, 0.29) is 11.9 Å². The van der Waals surface area contributed by atoms with Gasteiger partial charge in [0.2, 0.25) is 0 Å². The first-order valence-electron chi connectivity index (χ1n) is 5.52. The Morgan fingerprint density at radius 2 is 1.94 bits per heavy atom. The highest BCUT2D eigenvalue weighted by Gasteiger charge is 2.13. The molecule has 0 fully saturated rings. The number of rotatable bonds is 2. The van der Waals surface area contributed by atoms with Gasteiger partial charge in [-0.1, -0.05) is 18.2 Å². The minimum atomic E-state index is -0.345. The summed E-state index contributed by atoms with van der Waals surface area (Å²) in [6.45, 7) is 4.08. The van der Waals surface area contributed by atoms with Gasteiger partial charge in [0.05, 0.1) is 17.9 Å². The van der Waals surface area contributed by atoms with Gasteiger partial charge in [0, 0.05) is 0 Å². The van der Waals surface area contributed by atoms with Crippen LogP contribution in [-0.4, -0.2) is 4.98 Å². The molecular weight excluding hydrogens is 215 g/mol. The number of aryl methyl sites for hydroxylation is 1. The number of halogens is 1. The van der Waals surface area contributed by atoms with Crippen LogP contribution >= 0.6 is 0 Å². The summed E-state index contributed by atoms with van der Waals surface area (Å²) < 4.78 is 12.8. The number of hydrogen-bond donors (Lipinski definition) is 1. The highest BCUT2D eigenvalue weighted by Crippen LogP contribution is 2.23. The molecule has 1 heterocycles. The first-order chi connectivity index (χ1) is 8.09. The number of aromatic nitrogens is 1. The fraction of sp³-hybridized carbons (Fsp3) is 0.214. The van der Waals surface area contributed by atoms with Gasteiger partial charge in [0.25, 0.3) is 0 Å². The van der Waals surface area contributed by atoms with Crippen molar-refractivity contribution in [2.45, 2.75) is 19.9 Å². The van der Waals surface area contributed by atoms with Crippen molar-refractivity contribution in [2.75, 3.05) is 0 Å². The summed E-state index contributed by atoms with van der Waals surface area (Å²) in [6, 6.07) is 8.70. The normalized spacial score (nSPS) is 12.5. The molecule has 0 amide bonds. The molecule has 0 aliphatic carbocycles. The molecule has 2 rings (SSSR count). The zero-order valence-electron chi connectivity index (χ0n) is 9.94. The second-order valence-corrected chi connectivity index (χ2v) is 4.17. The molecule has 0 radical (unpaired) electrons. The third kappa shape index (κ3) is 2.34. The third-order valence-electron chi connectivity index (χ3n) is 3.05. The molecule has 0 saturated carbocycles. The van der Waals surface area contributed by atoms with Gasteiger partial charge in [-0.25, -0.2) is 4.39 Å². The van der Waals surface area contributed by atoms with Gasteiger partial charge in [0.15, 0.2) is 0 Å². The lowest BCUT2D eigenvalue weighted by atomic mass is 9.96. The number of nitrogens with two attached hydrogens (primary N) is 1. The van der Waals surface area contributed by atoms with E-state index in [1.54, 1.807) is 6.07 Å². The van der Waals surface area contributed by atoms with Crippen LogP contribution in [0, 0.1) is 19.7 Å². The molecule has 0 aliphatic rings. The fourth-order valence-electron chi connectivity index (χ4n) is 1.84. The van der Waals surface area contributed by atoms with E-state index in [9.17, 15) is 4.39 Å². The van der Waals surface area contributed by atoms with E-state index in [1.165, 1.54) is 17.8 Å². The Balaban J connectivity index is 2.40. The van der Waals surface area contributed by atoms with Crippen LogP contribution in [0.3, 0.4) is 0 Å². The van der Waals surface area contributed by atoms with E-state index >= 15 is 0 Å². The monoisotopic (exact) mass is 230 g/mol. The number of hydrogen-bond acceptors (Lipinski definition) is 2. The molecule has 1 atom stereocenters. The second kappa shape index (κ2) is 4.63. The van der Waals surface area contributed by atoms with Crippen LogP contribution in [0.15, 0.2) is 36.5 Å². The lowest BCUT2D eigenvalue weighted by Crippen LogP contribution is -2.15. The highest BCUT2D eigenvalue weighted by atomic mass is 19.1. The number of benzene rings is 1. The van der Waals surface area contributed by atoms with Crippen molar-refractivity contribution in [3.05, 3.63) is 64.7 Å². The maximum Gasteiger partial charge on any atom is 0.141 e. The van der Waals surface area contributed by atoms with Crippen molar-refractivity contribution in [3.8, 4) is 0 Å². The standard InChI is InChI=1S/C14H15FN2/c1-9-4-3-5-12(10(9)2)14(16)13-7-6-11(15)8-17-13/h3-8,14H,16H2,1-2H3. The predicted octanol–water partition coefficient (Wildman–Crippen LogP) is 2.89. The van der Waals surface area contributed by atoms with Gasteiger partial charge >= 0.3 is 0 Å². The van der Waals surface area contributed by atoms with Crippen molar-refractivity contribution in [1.29, 1.82) is 0 Å². The summed E-state index contributed by atoms with van der Waals surface area (Å²) >= 11 is 0. The van der Waals surface area contributed by atoms with Crippen molar-refractivity contribution in [3.63, 3.8) is 0 Å². The average molecular weight is 230 g/mol. The number of pyridine rings is 1. The van der Waals surface area contributed by atoms with Crippen LogP contribution in [0.5, 0.6) is 0 Å². The third-order valence-corrected chi connectivity index (χ3v) is 3.05. The van der Waals surface area contributed by atoms with Crippen LogP contribution in [0.1, 0.15) is 28.4 Å². The van der Waals surface area contributed by atoms with Crippen molar-refractivity contribution >= 4 is 0 Å². The van der Waals surface area contributed by atoms with Gasteiger partial charge < -0.3 is 5.73 Å². The smallest absolute Gasteiger partial charge is 0.141 e. The first kappa shape index (κ1) is 11.7. The largest absolute Gasteiger partial charge is 0.319 e. The summed E-state index contributed by atoms with van der Waals surface area (Å²) in [6.07, 6.45) is 1.19. The van der Waals surface area contributed by atoms with E-state index in [4.69, 9.17) is 5.73 Å². The minimum absolute atomic E-state index is 0.310. The second-order valence-electron chi connectivity index (χ2n) is 4.17. The lowest BCUT2D eigenvalue weighted by molar-refractivity contribution is 0.617.